The maximum absolute atomic E-state index is 5.69. The molecule has 1 rings (SSSR count). The van der Waals surface area contributed by atoms with E-state index in [1.165, 1.54) is 0 Å². The third kappa shape index (κ3) is 4.84. The highest BCUT2D eigenvalue weighted by Crippen LogP contribution is 2.21. The van der Waals surface area contributed by atoms with E-state index in [-0.39, 0.29) is 18.6 Å². The molecule has 0 aromatic carbocycles. The molecule has 1 N–H and O–H groups in total. The highest BCUT2D eigenvalue weighted by Gasteiger charge is 2.26. The van der Waals surface area contributed by atoms with Gasteiger partial charge in [-0.3, -0.25) is 5.32 Å². The van der Waals surface area contributed by atoms with Gasteiger partial charge in [-0.25, -0.2) is 0 Å². The number of hydrogen-bond acceptors (Lipinski definition) is 2. The zero-order chi connectivity index (χ0) is 9.19. The Balaban J connectivity index is 0.00000144. The van der Waals surface area contributed by atoms with Gasteiger partial charge in [0.25, 0.3) is 0 Å². The summed E-state index contributed by atoms with van der Waals surface area (Å²) in [7, 11) is 0. The minimum Gasteiger partial charge on any atom is -0.363 e. The summed E-state index contributed by atoms with van der Waals surface area (Å²) in [6, 6.07) is 0. The van der Waals surface area contributed by atoms with Crippen molar-refractivity contribution < 1.29 is 4.74 Å². The molecule has 0 radical (unpaired) electrons. The van der Waals surface area contributed by atoms with Crippen molar-refractivity contribution in [3.8, 4) is 0 Å². The van der Waals surface area contributed by atoms with E-state index in [1.54, 1.807) is 0 Å². The Morgan fingerprint density at radius 1 is 1.46 bits per heavy atom. The first-order chi connectivity index (χ1) is 5.49. The van der Waals surface area contributed by atoms with Crippen LogP contribution in [0, 0.1) is 11.3 Å². The molecule has 1 aliphatic heterocycles. The predicted molar refractivity (Wildman–Crippen MR) is 58.2 cm³/mol. The molecule has 13 heavy (non-hydrogen) atoms. The van der Waals surface area contributed by atoms with Crippen molar-refractivity contribution in [2.45, 2.75) is 40.3 Å². The van der Waals surface area contributed by atoms with E-state index in [9.17, 15) is 0 Å². The van der Waals surface area contributed by atoms with Gasteiger partial charge in [-0.15, -0.1) is 12.4 Å². The van der Waals surface area contributed by atoms with E-state index in [4.69, 9.17) is 4.74 Å². The molecule has 1 aliphatic rings. The number of halogens is 1. The number of nitrogens with one attached hydrogen (secondary N) is 1. The van der Waals surface area contributed by atoms with Crippen LogP contribution in [0.3, 0.4) is 0 Å². The molecule has 1 heterocycles. The average molecular weight is 208 g/mol. The van der Waals surface area contributed by atoms with Crippen LogP contribution < -0.4 is 5.32 Å². The molecule has 3 heteroatoms. The second kappa shape index (κ2) is 5.18. The van der Waals surface area contributed by atoms with E-state index in [2.05, 4.69) is 33.0 Å². The lowest BCUT2D eigenvalue weighted by Gasteiger charge is -2.36. The second-order valence-electron chi connectivity index (χ2n) is 4.97. The van der Waals surface area contributed by atoms with Gasteiger partial charge in [0.15, 0.2) is 0 Å². The molecule has 1 saturated heterocycles. The highest BCUT2D eigenvalue weighted by atomic mass is 35.5. The summed E-state index contributed by atoms with van der Waals surface area (Å²) in [5.41, 5.74) is 0.313. The molecule has 0 spiro atoms. The summed E-state index contributed by atoms with van der Waals surface area (Å²) in [4.78, 5) is 0. The zero-order valence-electron chi connectivity index (χ0n) is 9.09. The van der Waals surface area contributed by atoms with Crippen LogP contribution in [-0.2, 0) is 4.74 Å². The molecule has 1 atom stereocenters. The number of rotatable bonds is 2. The predicted octanol–water partition coefficient (Wildman–Crippen LogP) is 2.43. The van der Waals surface area contributed by atoms with Crippen molar-refractivity contribution in [3.63, 3.8) is 0 Å². The Bertz CT molecular complexity index is 138. The quantitative estimate of drug-likeness (QED) is 0.751. The first-order valence-electron chi connectivity index (χ1n) is 4.84. The zero-order valence-corrected chi connectivity index (χ0v) is 9.91. The standard InChI is InChI=1S/C10H21NO.ClH/c1-8(2)5-9-11-6-10(3,4)7-12-9;/h8-9,11H,5-7H2,1-4H3;1H. The molecule has 0 bridgehead atoms. The van der Waals surface area contributed by atoms with E-state index in [0.29, 0.717) is 11.3 Å². The summed E-state index contributed by atoms with van der Waals surface area (Å²) >= 11 is 0. The Hall–Kier alpha value is 0.210. The fourth-order valence-electron chi connectivity index (χ4n) is 1.41. The van der Waals surface area contributed by atoms with Crippen molar-refractivity contribution in [2.24, 2.45) is 11.3 Å². The molecule has 0 aliphatic carbocycles. The Morgan fingerprint density at radius 3 is 2.46 bits per heavy atom. The maximum Gasteiger partial charge on any atom is 0.108 e. The average Bonchev–Trinajstić information content (AvgIpc) is 1.93. The number of ether oxygens (including phenoxy) is 1. The van der Waals surface area contributed by atoms with Crippen LogP contribution in [0.4, 0.5) is 0 Å². The van der Waals surface area contributed by atoms with Gasteiger partial charge in [-0.05, 0) is 12.3 Å². The van der Waals surface area contributed by atoms with Crippen LogP contribution in [0.15, 0.2) is 0 Å². The van der Waals surface area contributed by atoms with E-state index >= 15 is 0 Å². The van der Waals surface area contributed by atoms with Gasteiger partial charge >= 0.3 is 0 Å². The van der Waals surface area contributed by atoms with Crippen LogP contribution >= 0.6 is 12.4 Å². The first kappa shape index (κ1) is 13.2. The Labute approximate surface area is 87.8 Å². The van der Waals surface area contributed by atoms with Crippen molar-refractivity contribution in [1.82, 2.24) is 5.32 Å². The summed E-state index contributed by atoms with van der Waals surface area (Å²) in [6.45, 7) is 10.9. The molecule has 0 aromatic heterocycles. The normalized spacial score (nSPS) is 27.0. The lowest BCUT2D eigenvalue weighted by molar-refractivity contribution is -0.0655. The molecule has 0 aromatic rings. The van der Waals surface area contributed by atoms with Crippen molar-refractivity contribution >= 4 is 12.4 Å². The molecule has 0 amide bonds. The molecule has 80 valence electrons. The fourth-order valence-corrected chi connectivity index (χ4v) is 1.41. The van der Waals surface area contributed by atoms with Crippen molar-refractivity contribution in [2.75, 3.05) is 13.2 Å². The lowest BCUT2D eigenvalue weighted by atomic mass is 9.93. The smallest absolute Gasteiger partial charge is 0.108 e. The topological polar surface area (TPSA) is 21.3 Å². The van der Waals surface area contributed by atoms with Gasteiger partial charge in [0.2, 0.25) is 0 Å². The Morgan fingerprint density at radius 2 is 2.08 bits per heavy atom. The van der Waals surface area contributed by atoms with Crippen molar-refractivity contribution in [3.05, 3.63) is 0 Å². The SMILES string of the molecule is CC(C)CC1NCC(C)(C)CO1.Cl. The molecular weight excluding hydrogens is 186 g/mol. The van der Waals surface area contributed by atoms with Gasteiger partial charge in [-0.1, -0.05) is 27.7 Å². The Kier molecular flexibility index (Phi) is 5.26. The van der Waals surface area contributed by atoms with E-state index < -0.39 is 0 Å². The third-order valence-electron chi connectivity index (χ3n) is 2.17. The third-order valence-corrected chi connectivity index (χ3v) is 2.17. The van der Waals surface area contributed by atoms with Gasteiger partial charge in [0.1, 0.15) is 6.23 Å². The van der Waals surface area contributed by atoms with Crippen LogP contribution in [0.25, 0.3) is 0 Å². The van der Waals surface area contributed by atoms with Crippen molar-refractivity contribution in [1.29, 1.82) is 0 Å². The van der Waals surface area contributed by atoms with Gasteiger partial charge in [-0.2, -0.15) is 0 Å². The summed E-state index contributed by atoms with van der Waals surface area (Å²) < 4.78 is 5.69. The summed E-state index contributed by atoms with van der Waals surface area (Å²) in [5, 5.41) is 3.42. The van der Waals surface area contributed by atoms with Gasteiger partial charge in [0, 0.05) is 12.0 Å². The molecule has 2 nitrogen and oxygen atoms in total. The highest BCUT2D eigenvalue weighted by molar-refractivity contribution is 5.85. The van der Waals surface area contributed by atoms with Gasteiger partial charge < -0.3 is 4.74 Å². The fraction of sp³-hybridized carbons (Fsp3) is 1.00. The first-order valence-corrected chi connectivity index (χ1v) is 4.84. The molecule has 1 unspecified atom stereocenters. The minimum atomic E-state index is 0. The molecular formula is C10H22ClNO. The summed E-state index contributed by atoms with van der Waals surface area (Å²) in [6.07, 6.45) is 1.41. The monoisotopic (exact) mass is 207 g/mol. The van der Waals surface area contributed by atoms with Crippen LogP contribution in [-0.4, -0.2) is 19.4 Å². The molecule has 1 fully saturated rings. The maximum atomic E-state index is 5.69. The summed E-state index contributed by atoms with van der Waals surface area (Å²) in [5.74, 6) is 0.712. The number of hydrogen-bond donors (Lipinski definition) is 1. The minimum absolute atomic E-state index is 0. The van der Waals surface area contributed by atoms with Crippen LogP contribution in [0.2, 0.25) is 0 Å². The van der Waals surface area contributed by atoms with E-state index in [1.807, 2.05) is 0 Å². The largest absolute Gasteiger partial charge is 0.363 e. The van der Waals surface area contributed by atoms with Crippen LogP contribution in [0.1, 0.15) is 34.1 Å². The van der Waals surface area contributed by atoms with Gasteiger partial charge in [0.05, 0.1) is 6.61 Å². The van der Waals surface area contributed by atoms with Crippen LogP contribution in [0.5, 0.6) is 0 Å². The lowest BCUT2D eigenvalue weighted by Crippen LogP contribution is -2.48. The molecule has 0 saturated carbocycles. The van der Waals surface area contributed by atoms with E-state index in [0.717, 1.165) is 19.6 Å². The second-order valence-corrected chi connectivity index (χ2v) is 4.97.